The van der Waals surface area contributed by atoms with Gasteiger partial charge in [-0.2, -0.15) is 0 Å². The molecule has 0 amide bonds. The van der Waals surface area contributed by atoms with Crippen LogP contribution in [0, 0.1) is 17.7 Å². The predicted octanol–water partition coefficient (Wildman–Crippen LogP) is 5.29. The van der Waals surface area contributed by atoms with E-state index in [2.05, 4.69) is 41.5 Å². The Balaban J connectivity index is 1.13. The van der Waals surface area contributed by atoms with Crippen LogP contribution in [0.4, 0.5) is 10.1 Å². The van der Waals surface area contributed by atoms with Crippen LogP contribution in [0.2, 0.25) is 0 Å². The van der Waals surface area contributed by atoms with E-state index in [0.29, 0.717) is 6.04 Å². The molecule has 172 valence electrons. The minimum atomic E-state index is -0.0515. The SMILES string of the molecule is CC(C)(C)c1ccc(N2CCC(N3CC4CN(C5CCCCC5)CC4C3)CC2)c(F)c1. The van der Waals surface area contributed by atoms with E-state index >= 15 is 0 Å². The fourth-order valence-corrected chi connectivity index (χ4v) is 6.81. The maximum Gasteiger partial charge on any atom is 0.146 e. The summed E-state index contributed by atoms with van der Waals surface area (Å²) in [5.41, 5.74) is 1.87. The normalized spacial score (nSPS) is 29.6. The lowest BCUT2D eigenvalue weighted by molar-refractivity contribution is 0.145. The first-order valence-corrected chi connectivity index (χ1v) is 12.9. The van der Waals surface area contributed by atoms with Crippen molar-refractivity contribution in [3.8, 4) is 0 Å². The molecule has 3 heterocycles. The predicted molar refractivity (Wildman–Crippen MR) is 127 cm³/mol. The van der Waals surface area contributed by atoms with Crippen molar-refractivity contribution in [2.75, 3.05) is 44.2 Å². The van der Waals surface area contributed by atoms with E-state index in [4.69, 9.17) is 0 Å². The van der Waals surface area contributed by atoms with E-state index in [9.17, 15) is 4.39 Å². The van der Waals surface area contributed by atoms with E-state index in [1.807, 2.05) is 6.07 Å². The molecule has 5 rings (SSSR count). The molecule has 1 aromatic carbocycles. The molecular formula is C27H42FN3. The van der Waals surface area contributed by atoms with E-state index in [0.717, 1.165) is 42.2 Å². The molecule has 3 saturated heterocycles. The molecule has 0 radical (unpaired) electrons. The lowest BCUT2D eigenvalue weighted by Gasteiger charge is -2.39. The van der Waals surface area contributed by atoms with Gasteiger partial charge < -0.3 is 4.90 Å². The number of nitrogens with zero attached hydrogens (tertiary/aromatic N) is 3. The summed E-state index contributed by atoms with van der Waals surface area (Å²) in [4.78, 5) is 7.92. The van der Waals surface area contributed by atoms with Crippen molar-refractivity contribution in [1.29, 1.82) is 0 Å². The first-order valence-electron chi connectivity index (χ1n) is 12.9. The van der Waals surface area contributed by atoms with Crippen LogP contribution in [-0.4, -0.2) is 61.2 Å². The van der Waals surface area contributed by atoms with Crippen molar-refractivity contribution < 1.29 is 4.39 Å². The van der Waals surface area contributed by atoms with Crippen molar-refractivity contribution >= 4 is 5.69 Å². The summed E-state index contributed by atoms with van der Waals surface area (Å²) in [7, 11) is 0. The fourth-order valence-electron chi connectivity index (χ4n) is 6.81. The van der Waals surface area contributed by atoms with Crippen molar-refractivity contribution in [3.63, 3.8) is 0 Å². The molecule has 3 aliphatic heterocycles. The molecule has 4 fully saturated rings. The van der Waals surface area contributed by atoms with Gasteiger partial charge in [0.2, 0.25) is 0 Å². The minimum absolute atomic E-state index is 0.00720. The first kappa shape index (κ1) is 21.7. The highest BCUT2D eigenvalue weighted by atomic mass is 19.1. The zero-order chi connectivity index (χ0) is 21.6. The molecule has 1 saturated carbocycles. The van der Waals surface area contributed by atoms with Gasteiger partial charge in [-0.15, -0.1) is 0 Å². The molecule has 1 aromatic rings. The second kappa shape index (κ2) is 8.67. The number of hydrogen-bond donors (Lipinski definition) is 0. The maximum absolute atomic E-state index is 14.9. The monoisotopic (exact) mass is 427 g/mol. The van der Waals surface area contributed by atoms with E-state index in [1.54, 1.807) is 6.07 Å². The van der Waals surface area contributed by atoms with Crippen molar-refractivity contribution in [2.24, 2.45) is 11.8 Å². The van der Waals surface area contributed by atoms with Crippen LogP contribution in [0.5, 0.6) is 0 Å². The highest BCUT2D eigenvalue weighted by Crippen LogP contribution is 2.38. The van der Waals surface area contributed by atoms with Gasteiger partial charge in [0.1, 0.15) is 5.82 Å². The lowest BCUT2D eigenvalue weighted by atomic mass is 9.87. The smallest absolute Gasteiger partial charge is 0.146 e. The molecule has 31 heavy (non-hydrogen) atoms. The molecule has 0 N–H and O–H groups in total. The summed E-state index contributed by atoms with van der Waals surface area (Å²) in [5.74, 6) is 1.73. The maximum atomic E-state index is 14.9. The number of piperidine rings is 1. The van der Waals surface area contributed by atoms with Gasteiger partial charge in [0.05, 0.1) is 5.69 Å². The average Bonchev–Trinajstić information content (AvgIpc) is 3.33. The number of anilines is 1. The summed E-state index contributed by atoms with van der Waals surface area (Å²) in [5, 5.41) is 0. The van der Waals surface area contributed by atoms with Crippen LogP contribution in [-0.2, 0) is 5.41 Å². The Labute approximate surface area is 189 Å². The number of halogens is 1. The third kappa shape index (κ3) is 4.53. The molecule has 4 heteroatoms. The number of likely N-dealkylation sites (tertiary alicyclic amines) is 2. The van der Waals surface area contributed by atoms with Gasteiger partial charge in [0.25, 0.3) is 0 Å². The molecule has 0 bridgehead atoms. The molecule has 4 aliphatic rings. The highest BCUT2D eigenvalue weighted by Gasteiger charge is 2.44. The Hall–Kier alpha value is -1.13. The van der Waals surface area contributed by atoms with Gasteiger partial charge in [-0.1, -0.05) is 46.1 Å². The second-order valence-corrected chi connectivity index (χ2v) is 11.9. The van der Waals surface area contributed by atoms with Crippen LogP contribution in [0.15, 0.2) is 18.2 Å². The second-order valence-electron chi connectivity index (χ2n) is 11.9. The quantitative estimate of drug-likeness (QED) is 0.649. The minimum Gasteiger partial charge on any atom is -0.369 e. The van der Waals surface area contributed by atoms with Crippen molar-refractivity contribution in [3.05, 3.63) is 29.6 Å². The lowest BCUT2D eigenvalue weighted by Crippen LogP contribution is -2.45. The number of hydrogen-bond acceptors (Lipinski definition) is 3. The highest BCUT2D eigenvalue weighted by molar-refractivity contribution is 5.50. The standard InChI is InChI=1S/C27H42FN3/c1-27(2,3)22-9-10-26(25(28)15-22)29-13-11-24(12-14-29)31-18-20-16-30(17-21(20)19-31)23-7-5-4-6-8-23/h9-10,15,20-21,23-24H,4-8,11-14,16-19H2,1-3H3. The summed E-state index contributed by atoms with van der Waals surface area (Å²) in [6.07, 6.45) is 9.57. The van der Waals surface area contributed by atoms with Crippen LogP contribution in [0.3, 0.4) is 0 Å². The zero-order valence-corrected chi connectivity index (χ0v) is 20.0. The zero-order valence-electron chi connectivity index (χ0n) is 20.0. The van der Waals surface area contributed by atoms with Crippen molar-refractivity contribution in [1.82, 2.24) is 9.80 Å². The van der Waals surface area contributed by atoms with Gasteiger partial charge in [0.15, 0.2) is 0 Å². The Bertz CT molecular complexity index is 744. The molecule has 2 atom stereocenters. The molecule has 1 aliphatic carbocycles. The summed E-state index contributed by atoms with van der Waals surface area (Å²) >= 11 is 0. The number of rotatable bonds is 3. The molecule has 3 nitrogen and oxygen atoms in total. The van der Waals surface area contributed by atoms with Gasteiger partial charge in [-0.3, -0.25) is 9.80 Å². The van der Waals surface area contributed by atoms with Gasteiger partial charge >= 0.3 is 0 Å². The first-order chi connectivity index (χ1) is 14.9. The Morgan fingerprint density at radius 3 is 1.84 bits per heavy atom. The van der Waals surface area contributed by atoms with Crippen LogP contribution in [0.1, 0.15) is 71.3 Å². The number of benzene rings is 1. The summed E-state index contributed by atoms with van der Waals surface area (Å²) in [6.45, 7) is 13.7. The molecule has 0 aromatic heterocycles. The average molecular weight is 428 g/mol. The van der Waals surface area contributed by atoms with Crippen LogP contribution < -0.4 is 4.90 Å². The van der Waals surface area contributed by atoms with E-state index in [1.165, 1.54) is 71.1 Å². The fraction of sp³-hybridized carbons (Fsp3) is 0.778. The number of fused-ring (bicyclic) bond motifs is 1. The van der Waals surface area contributed by atoms with Crippen molar-refractivity contribution in [2.45, 2.75) is 83.2 Å². The van der Waals surface area contributed by atoms with E-state index in [-0.39, 0.29) is 11.2 Å². The largest absolute Gasteiger partial charge is 0.369 e. The summed E-state index contributed by atoms with van der Waals surface area (Å²) < 4.78 is 14.9. The third-order valence-corrected chi connectivity index (χ3v) is 8.77. The third-order valence-electron chi connectivity index (χ3n) is 8.77. The van der Waals surface area contributed by atoms with Crippen LogP contribution in [0.25, 0.3) is 0 Å². The topological polar surface area (TPSA) is 9.72 Å². The molecular weight excluding hydrogens is 385 g/mol. The van der Waals surface area contributed by atoms with Gasteiger partial charge in [-0.25, -0.2) is 4.39 Å². The van der Waals surface area contributed by atoms with Gasteiger partial charge in [-0.05, 0) is 60.6 Å². The Kier molecular flexibility index (Phi) is 6.07. The Morgan fingerprint density at radius 1 is 0.774 bits per heavy atom. The van der Waals surface area contributed by atoms with E-state index < -0.39 is 0 Å². The summed E-state index contributed by atoms with van der Waals surface area (Å²) in [6, 6.07) is 7.46. The molecule has 2 unspecified atom stereocenters. The van der Waals surface area contributed by atoms with Gasteiger partial charge in [0, 0.05) is 51.4 Å². The Morgan fingerprint density at radius 2 is 1.32 bits per heavy atom. The molecule has 0 spiro atoms. The van der Waals surface area contributed by atoms with Crippen LogP contribution >= 0.6 is 0 Å².